The third-order valence-corrected chi connectivity index (χ3v) is 3.51. The van der Waals surface area contributed by atoms with Crippen molar-refractivity contribution in [2.45, 2.75) is 19.6 Å². The summed E-state index contributed by atoms with van der Waals surface area (Å²) in [6.07, 6.45) is 1.26. The van der Waals surface area contributed by atoms with Crippen molar-refractivity contribution in [3.8, 4) is 11.1 Å². The summed E-state index contributed by atoms with van der Waals surface area (Å²) in [6, 6.07) is 13.6. The Morgan fingerprint density at radius 3 is 2.17 bits per heavy atom. The minimum atomic E-state index is -1.30. The van der Waals surface area contributed by atoms with Crippen LogP contribution in [0.1, 0.15) is 19.4 Å². The Labute approximate surface area is 138 Å². The number of esters is 2. The van der Waals surface area contributed by atoms with Crippen LogP contribution in [-0.2, 0) is 19.1 Å². The molecule has 0 saturated carbocycles. The summed E-state index contributed by atoms with van der Waals surface area (Å²) >= 11 is 0. The lowest BCUT2D eigenvalue weighted by Crippen LogP contribution is -2.41. The lowest BCUT2D eigenvalue weighted by atomic mass is 10.0. The third kappa shape index (κ3) is 3.20. The summed E-state index contributed by atoms with van der Waals surface area (Å²) in [5.41, 5.74) is 1.29. The quantitative estimate of drug-likeness (QED) is 0.479. The van der Waals surface area contributed by atoms with Gasteiger partial charge in [-0.15, -0.1) is 0 Å². The Bertz CT molecular complexity index is 816. The molecule has 4 nitrogen and oxygen atoms in total. The van der Waals surface area contributed by atoms with Gasteiger partial charge in [-0.1, -0.05) is 42.5 Å². The Hall–Kier alpha value is -2.95. The number of carbonyl (C=O) groups excluding carboxylic acids is 2. The summed E-state index contributed by atoms with van der Waals surface area (Å²) in [7, 11) is 0. The highest BCUT2D eigenvalue weighted by atomic mass is 19.1. The molecular weight excluding hydrogens is 311 g/mol. The molecule has 3 rings (SSSR count). The van der Waals surface area contributed by atoms with Crippen molar-refractivity contribution in [2.75, 3.05) is 0 Å². The zero-order chi connectivity index (χ0) is 17.3. The molecule has 0 radical (unpaired) electrons. The standard InChI is InChI=1S/C19H15FO4/c1-19(2)23-17(21)15(18(22)24-19)10-12-8-9-14(16(20)11-12)13-6-4-3-5-7-13/h3-11H,1-2H3. The molecule has 1 saturated heterocycles. The minimum absolute atomic E-state index is 0.263. The maximum absolute atomic E-state index is 14.3. The van der Waals surface area contributed by atoms with Gasteiger partial charge in [0.1, 0.15) is 11.4 Å². The van der Waals surface area contributed by atoms with Crippen LogP contribution in [0.3, 0.4) is 0 Å². The van der Waals surface area contributed by atoms with Crippen LogP contribution in [0.15, 0.2) is 54.1 Å². The fourth-order valence-electron chi connectivity index (χ4n) is 2.42. The van der Waals surface area contributed by atoms with Crippen LogP contribution >= 0.6 is 0 Å². The summed E-state index contributed by atoms with van der Waals surface area (Å²) < 4.78 is 24.4. The van der Waals surface area contributed by atoms with E-state index in [9.17, 15) is 14.0 Å². The Morgan fingerprint density at radius 1 is 0.958 bits per heavy atom. The van der Waals surface area contributed by atoms with Crippen molar-refractivity contribution in [3.05, 3.63) is 65.5 Å². The first-order valence-electron chi connectivity index (χ1n) is 7.39. The normalized spacial score (nSPS) is 16.4. The predicted molar refractivity (Wildman–Crippen MR) is 86.1 cm³/mol. The van der Waals surface area contributed by atoms with E-state index in [1.165, 1.54) is 26.0 Å². The molecule has 0 amide bonds. The van der Waals surface area contributed by atoms with Gasteiger partial charge in [0.2, 0.25) is 0 Å². The zero-order valence-corrected chi connectivity index (χ0v) is 13.2. The Morgan fingerprint density at radius 2 is 1.58 bits per heavy atom. The number of cyclic esters (lactones) is 2. The second-order valence-corrected chi connectivity index (χ2v) is 5.84. The van der Waals surface area contributed by atoms with Crippen LogP contribution in [0.4, 0.5) is 4.39 Å². The highest BCUT2D eigenvalue weighted by Gasteiger charge is 2.38. The first-order valence-corrected chi connectivity index (χ1v) is 7.39. The van der Waals surface area contributed by atoms with E-state index in [1.54, 1.807) is 24.3 Å². The van der Waals surface area contributed by atoms with Gasteiger partial charge >= 0.3 is 11.9 Å². The molecule has 2 aromatic rings. The molecule has 0 aliphatic carbocycles. The van der Waals surface area contributed by atoms with Crippen molar-refractivity contribution in [1.82, 2.24) is 0 Å². The summed E-state index contributed by atoms with van der Waals surface area (Å²) in [6.45, 7) is 2.93. The molecule has 0 aromatic heterocycles. The van der Waals surface area contributed by atoms with Crippen LogP contribution in [-0.4, -0.2) is 17.7 Å². The number of halogens is 1. The van der Waals surface area contributed by atoms with Crippen molar-refractivity contribution >= 4 is 18.0 Å². The molecule has 2 aromatic carbocycles. The smallest absolute Gasteiger partial charge is 0.348 e. The molecule has 1 aliphatic heterocycles. The van der Waals surface area contributed by atoms with Gasteiger partial charge in [-0.3, -0.25) is 0 Å². The zero-order valence-electron chi connectivity index (χ0n) is 13.2. The lowest BCUT2D eigenvalue weighted by molar-refractivity contribution is -0.222. The van der Waals surface area contributed by atoms with Crippen LogP contribution in [0, 0.1) is 5.82 Å². The van der Waals surface area contributed by atoms with E-state index in [4.69, 9.17) is 9.47 Å². The number of rotatable bonds is 2. The second kappa shape index (κ2) is 5.92. The van der Waals surface area contributed by atoms with Gasteiger partial charge in [-0.25, -0.2) is 14.0 Å². The molecule has 0 spiro atoms. The SMILES string of the molecule is CC1(C)OC(=O)C(=Cc2ccc(-c3ccccc3)c(F)c2)C(=O)O1. The first kappa shape index (κ1) is 15.9. The first-order chi connectivity index (χ1) is 11.4. The van der Waals surface area contributed by atoms with Gasteiger partial charge in [-0.2, -0.15) is 0 Å². The fraction of sp³-hybridized carbons (Fsp3) is 0.158. The number of benzene rings is 2. The third-order valence-electron chi connectivity index (χ3n) is 3.51. The van der Waals surface area contributed by atoms with Crippen LogP contribution in [0.2, 0.25) is 0 Å². The summed E-state index contributed by atoms with van der Waals surface area (Å²) in [5.74, 6) is -3.32. The van der Waals surface area contributed by atoms with Crippen LogP contribution < -0.4 is 0 Å². The van der Waals surface area contributed by atoms with E-state index in [2.05, 4.69) is 0 Å². The monoisotopic (exact) mass is 326 g/mol. The molecule has 1 aliphatic rings. The average Bonchev–Trinajstić information content (AvgIpc) is 2.51. The number of hydrogen-bond acceptors (Lipinski definition) is 4. The lowest BCUT2D eigenvalue weighted by Gasteiger charge is -2.29. The van der Waals surface area contributed by atoms with Gasteiger partial charge < -0.3 is 9.47 Å². The molecular formula is C19H15FO4. The molecule has 24 heavy (non-hydrogen) atoms. The maximum atomic E-state index is 14.3. The van der Waals surface area contributed by atoms with Crippen LogP contribution in [0.25, 0.3) is 17.2 Å². The highest BCUT2D eigenvalue weighted by molar-refractivity contribution is 6.18. The van der Waals surface area contributed by atoms with E-state index < -0.39 is 23.5 Å². The largest absolute Gasteiger partial charge is 0.419 e. The molecule has 122 valence electrons. The van der Waals surface area contributed by atoms with Crippen LogP contribution in [0.5, 0.6) is 0 Å². The second-order valence-electron chi connectivity index (χ2n) is 5.84. The molecule has 0 bridgehead atoms. The maximum Gasteiger partial charge on any atom is 0.348 e. The molecule has 0 atom stereocenters. The van der Waals surface area contributed by atoms with Gasteiger partial charge in [0.05, 0.1) is 0 Å². The number of hydrogen-bond donors (Lipinski definition) is 0. The van der Waals surface area contributed by atoms with Crippen molar-refractivity contribution in [1.29, 1.82) is 0 Å². The van der Waals surface area contributed by atoms with Gasteiger partial charge in [0, 0.05) is 19.4 Å². The average molecular weight is 326 g/mol. The van der Waals surface area contributed by atoms with Gasteiger partial charge in [0.15, 0.2) is 0 Å². The number of ether oxygens (including phenoxy) is 2. The summed E-state index contributed by atoms with van der Waals surface area (Å²) in [4.78, 5) is 23.8. The van der Waals surface area contributed by atoms with E-state index in [0.717, 1.165) is 5.56 Å². The van der Waals surface area contributed by atoms with Crippen molar-refractivity contribution in [3.63, 3.8) is 0 Å². The fourth-order valence-corrected chi connectivity index (χ4v) is 2.42. The van der Waals surface area contributed by atoms with Crippen molar-refractivity contribution < 1.29 is 23.5 Å². The van der Waals surface area contributed by atoms with E-state index in [1.807, 2.05) is 18.2 Å². The van der Waals surface area contributed by atoms with Crippen molar-refractivity contribution in [2.24, 2.45) is 0 Å². The number of carbonyl (C=O) groups is 2. The molecule has 1 fully saturated rings. The van der Waals surface area contributed by atoms with E-state index >= 15 is 0 Å². The van der Waals surface area contributed by atoms with Gasteiger partial charge in [-0.05, 0) is 23.3 Å². The predicted octanol–water partition coefficient (Wildman–Crippen LogP) is 3.71. The highest BCUT2D eigenvalue weighted by Crippen LogP contribution is 2.27. The van der Waals surface area contributed by atoms with E-state index in [-0.39, 0.29) is 5.57 Å². The molecule has 0 N–H and O–H groups in total. The molecule has 0 unspecified atom stereocenters. The summed E-state index contributed by atoms with van der Waals surface area (Å²) in [5, 5.41) is 0. The van der Waals surface area contributed by atoms with E-state index in [0.29, 0.717) is 11.1 Å². The Balaban J connectivity index is 1.93. The molecule has 1 heterocycles. The topological polar surface area (TPSA) is 52.6 Å². The Kier molecular flexibility index (Phi) is 3.93. The molecule has 5 heteroatoms. The minimum Gasteiger partial charge on any atom is -0.419 e. The van der Waals surface area contributed by atoms with Gasteiger partial charge in [0.25, 0.3) is 5.79 Å².